The number of halogens is 2. The topological polar surface area (TPSA) is 77.5 Å². The third-order valence-corrected chi connectivity index (χ3v) is 4.68. The van der Waals surface area contributed by atoms with Crippen LogP contribution in [0.3, 0.4) is 0 Å². The van der Waals surface area contributed by atoms with E-state index in [4.69, 9.17) is 32.7 Å². The predicted molar refractivity (Wildman–Crippen MR) is 116 cm³/mol. The van der Waals surface area contributed by atoms with Gasteiger partial charge in [0.05, 0.1) is 28.8 Å². The fourth-order valence-corrected chi connectivity index (χ4v) is 3.18. The molecular formula is C22H18Cl2N2O4. The third kappa shape index (κ3) is 5.28. The number of rotatable bonds is 7. The number of hydrogen-bond acceptors (Lipinski definition) is 6. The normalized spacial score (nSPS) is 10.4. The van der Waals surface area contributed by atoms with E-state index in [9.17, 15) is 9.59 Å². The largest absolute Gasteiger partial charge is 0.462 e. The second-order valence-electron chi connectivity index (χ2n) is 6.11. The van der Waals surface area contributed by atoms with Crippen LogP contribution >= 0.6 is 23.2 Å². The van der Waals surface area contributed by atoms with Crippen molar-refractivity contribution in [1.29, 1.82) is 0 Å². The summed E-state index contributed by atoms with van der Waals surface area (Å²) < 4.78 is 10.3. The molecule has 1 N–H and O–H groups in total. The molecule has 1 aromatic heterocycles. The Bertz CT molecular complexity index is 1050. The van der Waals surface area contributed by atoms with Gasteiger partial charge in [0.1, 0.15) is 5.56 Å². The maximum absolute atomic E-state index is 12.6. The zero-order valence-corrected chi connectivity index (χ0v) is 17.5. The van der Waals surface area contributed by atoms with Crippen LogP contribution in [0.5, 0.6) is 5.88 Å². The highest BCUT2D eigenvalue weighted by atomic mass is 35.5. The molecule has 3 aromatic rings. The lowest BCUT2D eigenvalue weighted by Crippen LogP contribution is -2.16. The van der Waals surface area contributed by atoms with Gasteiger partial charge in [-0.1, -0.05) is 47.5 Å². The van der Waals surface area contributed by atoms with Gasteiger partial charge < -0.3 is 14.8 Å². The summed E-state index contributed by atoms with van der Waals surface area (Å²) in [6.45, 7) is 1.89. The van der Waals surface area contributed by atoms with Gasteiger partial charge in [-0.05, 0) is 42.8 Å². The fourth-order valence-electron chi connectivity index (χ4n) is 2.68. The molecule has 0 amide bonds. The van der Waals surface area contributed by atoms with E-state index < -0.39 is 11.9 Å². The highest BCUT2D eigenvalue weighted by Gasteiger charge is 2.19. The van der Waals surface area contributed by atoms with Gasteiger partial charge in [0, 0.05) is 11.9 Å². The molecule has 0 saturated carbocycles. The molecule has 0 aliphatic rings. The van der Waals surface area contributed by atoms with E-state index >= 15 is 0 Å². The Balaban J connectivity index is 1.78. The molecule has 0 aliphatic carbocycles. The van der Waals surface area contributed by atoms with Crippen LogP contribution in [-0.4, -0.2) is 23.5 Å². The van der Waals surface area contributed by atoms with Gasteiger partial charge >= 0.3 is 11.9 Å². The molecule has 3 rings (SSSR count). The molecular weight excluding hydrogens is 427 g/mol. The first kappa shape index (κ1) is 21.6. The van der Waals surface area contributed by atoms with E-state index in [1.165, 1.54) is 12.3 Å². The number of nitrogens with one attached hydrogen (secondary N) is 1. The first-order chi connectivity index (χ1) is 14.5. The number of nitrogens with zero attached hydrogens (tertiary/aromatic N) is 1. The van der Waals surface area contributed by atoms with E-state index in [1.54, 1.807) is 49.4 Å². The molecule has 0 spiro atoms. The van der Waals surface area contributed by atoms with Crippen molar-refractivity contribution in [3.63, 3.8) is 0 Å². The smallest absolute Gasteiger partial charge is 0.343 e. The van der Waals surface area contributed by atoms with Crippen LogP contribution in [0, 0.1) is 0 Å². The van der Waals surface area contributed by atoms with Crippen LogP contribution in [0.15, 0.2) is 60.8 Å². The molecule has 0 saturated heterocycles. The summed E-state index contributed by atoms with van der Waals surface area (Å²) in [7, 11) is 0. The average Bonchev–Trinajstić information content (AvgIpc) is 2.72. The Kier molecular flexibility index (Phi) is 7.27. The standard InChI is InChI=1S/C22H18Cl2N2O4/c1-2-29-22(28)15-8-6-12-25-21(15)30-19(27)13-14-7-3-4-11-18(14)26-20-16(23)9-5-10-17(20)24/h3-12,26H,2,13H2,1H3. The van der Waals surface area contributed by atoms with Crippen molar-refractivity contribution in [3.8, 4) is 5.88 Å². The number of pyridine rings is 1. The quantitative estimate of drug-likeness (QED) is 0.487. The summed E-state index contributed by atoms with van der Waals surface area (Å²) in [5.74, 6) is -1.29. The Labute approximate surface area is 183 Å². The van der Waals surface area contributed by atoms with Gasteiger partial charge in [-0.25, -0.2) is 9.78 Å². The summed E-state index contributed by atoms with van der Waals surface area (Å²) >= 11 is 12.5. The van der Waals surface area contributed by atoms with E-state index in [0.29, 0.717) is 27.0 Å². The van der Waals surface area contributed by atoms with E-state index in [2.05, 4.69) is 10.3 Å². The molecule has 0 unspecified atom stereocenters. The van der Waals surface area contributed by atoms with Crippen molar-refractivity contribution in [2.24, 2.45) is 0 Å². The highest BCUT2D eigenvalue weighted by molar-refractivity contribution is 6.39. The summed E-state index contributed by atoms with van der Waals surface area (Å²) in [5.41, 5.74) is 1.93. The van der Waals surface area contributed by atoms with E-state index in [1.807, 2.05) is 6.07 Å². The van der Waals surface area contributed by atoms with Crippen molar-refractivity contribution in [2.45, 2.75) is 13.3 Å². The van der Waals surface area contributed by atoms with Crippen molar-refractivity contribution < 1.29 is 19.1 Å². The lowest BCUT2D eigenvalue weighted by atomic mass is 10.1. The van der Waals surface area contributed by atoms with Gasteiger partial charge in [-0.2, -0.15) is 0 Å². The number of hydrogen-bond donors (Lipinski definition) is 1. The highest BCUT2D eigenvalue weighted by Crippen LogP contribution is 2.33. The predicted octanol–water partition coefficient (Wildman–Crippen LogP) is 5.46. The molecule has 1 heterocycles. The van der Waals surface area contributed by atoms with Crippen LogP contribution in [0.4, 0.5) is 11.4 Å². The Morgan fingerprint density at radius 1 is 1.00 bits per heavy atom. The van der Waals surface area contributed by atoms with Crippen LogP contribution in [-0.2, 0) is 16.0 Å². The number of anilines is 2. The molecule has 0 fully saturated rings. The van der Waals surface area contributed by atoms with Crippen LogP contribution < -0.4 is 10.1 Å². The summed E-state index contributed by atoms with van der Waals surface area (Å²) in [5, 5.41) is 4.07. The number of carbonyl (C=O) groups is 2. The number of carbonyl (C=O) groups excluding carboxylic acids is 2. The number of aromatic nitrogens is 1. The van der Waals surface area contributed by atoms with Gasteiger partial charge in [0.15, 0.2) is 0 Å². The number of benzene rings is 2. The molecule has 2 aromatic carbocycles. The average molecular weight is 445 g/mol. The van der Waals surface area contributed by atoms with E-state index in [-0.39, 0.29) is 24.5 Å². The molecule has 0 aliphatic heterocycles. The SMILES string of the molecule is CCOC(=O)c1cccnc1OC(=O)Cc1ccccc1Nc1c(Cl)cccc1Cl. The Morgan fingerprint density at radius 3 is 2.47 bits per heavy atom. The van der Waals surface area contributed by atoms with Crippen molar-refractivity contribution in [1.82, 2.24) is 4.98 Å². The zero-order chi connectivity index (χ0) is 21.5. The minimum Gasteiger partial charge on any atom is -0.462 e. The first-order valence-electron chi connectivity index (χ1n) is 9.11. The van der Waals surface area contributed by atoms with Gasteiger partial charge in [-0.15, -0.1) is 0 Å². The maximum Gasteiger partial charge on any atom is 0.343 e. The second-order valence-corrected chi connectivity index (χ2v) is 6.92. The van der Waals surface area contributed by atoms with Crippen LogP contribution in [0.25, 0.3) is 0 Å². The molecule has 0 radical (unpaired) electrons. The number of ether oxygens (including phenoxy) is 2. The van der Waals surface area contributed by atoms with Crippen molar-refractivity contribution in [2.75, 3.05) is 11.9 Å². The maximum atomic E-state index is 12.6. The molecule has 0 atom stereocenters. The van der Waals surface area contributed by atoms with Crippen molar-refractivity contribution >= 4 is 46.5 Å². The van der Waals surface area contributed by atoms with Gasteiger partial charge in [0.2, 0.25) is 5.88 Å². The minimum atomic E-state index is -0.608. The number of para-hydroxylation sites is 2. The van der Waals surface area contributed by atoms with Crippen molar-refractivity contribution in [3.05, 3.63) is 82.0 Å². The minimum absolute atomic E-state index is 0.0654. The zero-order valence-electron chi connectivity index (χ0n) is 16.0. The number of esters is 2. The Hall–Kier alpha value is -3.09. The van der Waals surface area contributed by atoms with Gasteiger partial charge in [-0.3, -0.25) is 4.79 Å². The molecule has 6 nitrogen and oxygen atoms in total. The molecule has 0 bridgehead atoms. The molecule has 8 heteroatoms. The summed E-state index contributed by atoms with van der Waals surface area (Å²) in [6, 6.07) is 15.4. The first-order valence-corrected chi connectivity index (χ1v) is 9.87. The van der Waals surface area contributed by atoms with Crippen LogP contribution in [0.2, 0.25) is 10.0 Å². The fraction of sp³-hybridized carbons (Fsp3) is 0.136. The van der Waals surface area contributed by atoms with E-state index in [0.717, 1.165) is 0 Å². The summed E-state index contributed by atoms with van der Waals surface area (Å²) in [4.78, 5) is 28.6. The molecule has 154 valence electrons. The van der Waals surface area contributed by atoms with Gasteiger partial charge in [0.25, 0.3) is 0 Å². The second kappa shape index (κ2) is 10.1. The molecule has 30 heavy (non-hydrogen) atoms. The lowest BCUT2D eigenvalue weighted by Gasteiger charge is -2.14. The van der Waals surface area contributed by atoms with Crippen LogP contribution in [0.1, 0.15) is 22.8 Å². The lowest BCUT2D eigenvalue weighted by molar-refractivity contribution is -0.133. The monoisotopic (exact) mass is 444 g/mol. The summed E-state index contributed by atoms with van der Waals surface area (Å²) in [6.07, 6.45) is 1.37. The Morgan fingerprint density at radius 2 is 1.73 bits per heavy atom. The third-order valence-electron chi connectivity index (χ3n) is 4.05.